The second-order valence-corrected chi connectivity index (χ2v) is 9.78. The van der Waals surface area contributed by atoms with Crippen LogP contribution in [-0.2, 0) is 9.84 Å². The van der Waals surface area contributed by atoms with Crippen molar-refractivity contribution in [2.75, 3.05) is 19.4 Å². The molecular formula is C21H24FNO6S. The van der Waals surface area contributed by atoms with Gasteiger partial charge in [-0.1, -0.05) is 6.07 Å². The number of carbonyl (C=O) groups excluding carboxylic acids is 1. The molecule has 7 nitrogen and oxygen atoms in total. The topological polar surface area (TPSA) is 113 Å². The molecule has 1 saturated carbocycles. The van der Waals surface area contributed by atoms with Crippen LogP contribution in [0.15, 0.2) is 53.4 Å². The lowest BCUT2D eigenvalue weighted by atomic mass is 9.86. The van der Waals surface area contributed by atoms with Gasteiger partial charge in [0, 0.05) is 23.8 Å². The van der Waals surface area contributed by atoms with Gasteiger partial charge in [-0.05, 0) is 55.3 Å². The fourth-order valence-electron chi connectivity index (χ4n) is 3.57. The highest BCUT2D eigenvalue weighted by molar-refractivity contribution is 7.90. The summed E-state index contributed by atoms with van der Waals surface area (Å²) in [5.74, 6) is -0.568. The SMILES string of the molecule is CS(=O)(=O)c1ccc(OCC2(CNC(=O)c3cccc(F)c3)CC(O)C(O)C2)cc1. The van der Waals surface area contributed by atoms with Gasteiger partial charge < -0.3 is 20.3 Å². The van der Waals surface area contributed by atoms with Gasteiger partial charge in [0.25, 0.3) is 5.91 Å². The summed E-state index contributed by atoms with van der Waals surface area (Å²) in [7, 11) is -3.32. The maximum absolute atomic E-state index is 13.4. The Bertz CT molecular complexity index is 998. The monoisotopic (exact) mass is 437 g/mol. The van der Waals surface area contributed by atoms with Gasteiger partial charge in [0.15, 0.2) is 9.84 Å². The number of rotatable bonds is 7. The fraction of sp³-hybridized carbons (Fsp3) is 0.381. The average molecular weight is 437 g/mol. The van der Waals surface area contributed by atoms with Crippen molar-refractivity contribution in [3.63, 3.8) is 0 Å². The first-order chi connectivity index (χ1) is 14.1. The van der Waals surface area contributed by atoms with E-state index in [0.717, 1.165) is 12.3 Å². The summed E-state index contributed by atoms with van der Waals surface area (Å²) in [5.41, 5.74) is -0.571. The van der Waals surface area contributed by atoms with Gasteiger partial charge in [-0.3, -0.25) is 4.79 Å². The summed E-state index contributed by atoms with van der Waals surface area (Å²) in [6.45, 7) is 0.195. The van der Waals surface area contributed by atoms with Crippen LogP contribution in [0.4, 0.5) is 4.39 Å². The van der Waals surface area contributed by atoms with Crippen LogP contribution in [0.2, 0.25) is 0 Å². The smallest absolute Gasteiger partial charge is 0.251 e. The predicted octanol–water partition coefficient (Wildman–Crippen LogP) is 1.54. The number of aliphatic hydroxyl groups excluding tert-OH is 2. The third-order valence-electron chi connectivity index (χ3n) is 5.24. The van der Waals surface area contributed by atoms with Crippen LogP contribution in [0.1, 0.15) is 23.2 Å². The first kappa shape index (κ1) is 22.2. The number of halogens is 1. The lowest BCUT2D eigenvalue weighted by Gasteiger charge is -2.29. The van der Waals surface area contributed by atoms with Gasteiger partial charge >= 0.3 is 0 Å². The summed E-state index contributed by atoms with van der Waals surface area (Å²) in [5, 5.41) is 22.8. The second kappa shape index (κ2) is 8.71. The van der Waals surface area contributed by atoms with E-state index in [1.165, 1.54) is 42.5 Å². The van der Waals surface area contributed by atoms with Gasteiger partial charge in [-0.25, -0.2) is 12.8 Å². The Balaban J connectivity index is 1.69. The lowest BCUT2D eigenvalue weighted by Crippen LogP contribution is -2.40. The number of carbonyl (C=O) groups is 1. The number of benzene rings is 2. The molecule has 0 heterocycles. The molecule has 3 rings (SSSR count). The van der Waals surface area contributed by atoms with Gasteiger partial charge in [-0.2, -0.15) is 0 Å². The zero-order chi connectivity index (χ0) is 21.9. The minimum Gasteiger partial charge on any atom is -0.493 e. The van der Waals surface area contributed by atoms with E-state index < -0.39 is 39.2 Å². The zero-order valence-electron chi connectivity index (χ0n) is 16.4. The molecule has 1 amide bonds. The van der Waals surface area contributed by atoms with Crippen molar-refractivity contribution < 1.29 is 32.6 Å². The average Bonchev–Trinajstić information content (AvgIpc) is 2.98. The molecule has 0 spiro atoms. The molecule has 1 aliphatic carbocycles. The largest absolute Gasteiger partial charge is 0.493 e. The molecule has 162 valence electrons. The number of sulfone groups is 1. The summed E-state index contributed by atoms with van der Waals surface area (Å²) in [6, 6.07) is 11.2. The van der Waals surface area contributed by atoms with E-state index in [0.29, 0.717) is 5.75 Å². The van der Waals surface area contributed by atoms with Crippen molar-refractivity contribution in [3.05, 3.63) is 59.9 Å². The quantitative estimate of drug-likeness (QED) is 0.606. The van der Waals surface area contributed by atoms with E-state index in [1.807, 2.05) is 0 Å². The molecule has 2 aromatic rings. The van der Waals surface area contributed by atoms with Crippen LogP contribution in [0.25, 0.3) is 0 Å². The van der Waals surface area contributed by atoms with Crippen molar-refractivity contribution in [2.45, 2.75) is 29.9 Å². The number of hydrogen-bond donors (Lipinski definition) is 3. The molecule has 3 N–H and O–H groups in total. The van der Waals surface area contributed by atoms with Gasteiger partial charge in [0.2, 0.25) is 0 Å². The Hall–Kier alpha value is -2.49. The summed E-state index contributed by atoms with van der Waals surface area (Å²) < 4.78 is 42.3. The van der Waals surface area contributed by atoms with Crippen molar-refractivity contribution in [3.8, 4) is 5.75 Å². The van der Waals surface area contributed by atoms with Crippen LogP contribution in [-0.4, -0.2) is 56.2 Å². The normalized spacial score (nSPS) is 23.9. The van der Waals surface area contributed by atoms with E-state index in [1.54, 1.807) is 0 Å². The predicted molar refractivity (Wildman–Crippen MR) is 107 cm³/mol. The first-order valence-corrected chi connectivity index (χ1v) is 11.3. The molecule has 2 aromatic carbocycles. The zero-order valence-corrected chi connectivity index (χ0v) is 17.2. The van der Waals surface area contributed by atoms with Crippen LogP contribution in [0, 0.1) is 11.2 Å². The summed E-state index contributed by atoms with van der Waals surface area (Å²) in [6.07, 6.45) is -0.377. The van der Waals surface area contributed by atoms with E-state index in [9.17, 15) is 27.8 Å². The Morgan fingerprint density at radius 3 is 2.37 bits per heavy atom. The fourth-order valence-corrected chi connectivity index (χ4v) is 4.21. The molecule has 0 aliphatic heterocycles. The van der Waals surface area contributed by atoms with Gasteiger partial charge in [0.05, 0.1) is 23.7 Å². The van der Waals surface area contributed by atoms with Crippen LogP contribution in [0.3, 0.4) is 0 Å². The molecule has 2 unspecified atom stereocenters. The minimum absolute atomic E-state index is 0.0861. The van der Waals surface area contributed by atoms with Crippen LogP contribution >= 0.6 is 0 Å². The molecule has 0 aromatic heterocycles. The number of aliphatic hydroxyl groups is 2. The molecule has 0 saturated heterocycles. The summed E-state index contributed by atoms with van der Waals surface area (Å²) in [4.78, 5) is 12.5. The molecular weight excluding hydrogens is 413 g/mol. The van der Waals surface area contributed by atoms with Gasteiger partial charge in [-0.15, -0.1) is 0 Å². The van der Waals surface area contributed by atoms with Crippen molar-refractivity contribution in [2.24, 2.45) is 5.41 Å². The van der Waals surface area contributed by atoms with E-state index in [-0.39, 0.29) is 36.5 Å². The van der Waals surface area contributed by atoms with E-state index in [2.05, 4.69) is 5.32 Å². The van der Waals surface area contributed by atoms with Crippen LogP contribution < -0.4 is 10.1 Å². The Morgan fingerprint density at radius 1 is 1.17 bits per heavy atom. The molecule has 0 radical (unpaired) electrons. The highest BCUT2D eigenvalue weighted by Gasteiger charge is 2.45. The maximum atomic E-state index is 13.4. The van der Waals surface area contributed by atoms with Crippen molar-refractivity contribution in [1.82, 2.24) is 5.32 Å². The number of amides is 1. The lowest BCUT2D eigenvalue weighted by molar-refractivity contribution is 0.0438. The number of ether oxygens (including phenoxy) is 1. The molecule has 1 fully saturated rings. The Kier molecular flexibility index (Phi) is 6.44. The molecule has 2 atom stereocenters. The number of nitrogens with one attached hydrogen (secondary N) is 1. The molecule has 9 heteroatoms. The number of hydrogen-bond acceptors (Lipinski definition) is 6. The molecule has 30 heavy (non-hydrogen) atoms. The third kappa shape index (κ3) is 5.35. The second-order valence-electron chi connectivity index (χ2n) is 7.77. The molecule has 1 aliphatic rings. The van der Waals surface area contributed by atoms with Crippen LogP contribution in [0.5, 0.6) is 5.75 Å². The Labute approximate surface area is 174 Å². The third-order valence-corrected chi connectivity index (χ3v) is 6.36. The van der Waals surface area contributed by atoms with Gasteiger partial charge in [0.1, 0.15) is 11.6 Å². The highest BCUT2D eigenvalue weighted by Crippen LogP contribution is 2.39. The first-order valence-electron chi connectivity index (χ1n) is 9.41. The minimum atomic E-state index is -3.32. The Morgan fingerprint density at radius 2 is 1.80 bits per heavy atom. The standard InChI is InChI=1S/C21H24FNO6S/c1-30(27,28)17-7-5-16(6-8-17)29-13-21(10-18(24)19(25)11-21)12-23-20(26)14-3-2-4-15(22)9-14/h2-9,18-19,24-25H,10-13H2,1H3,(H,23,26). The maximum Gasteiger partial charge on any atom is 0.251 e. The van der Waals surface area contributed by atoms with E-state index >= 15 is 0 Å². The van der Waals surface area contributed by atoms with Crippen molar-refractivity contribution >= 4 is 15.7 Å². The van der Waals surface area contributed by atoms with Crippen molar-refractivity contribution in [1.29, 1.82) is 0 Å². The molecule has 0 bridgehead atoms. The van der Waals surface area contributed by atoms with E-state index in [4.69, 9.17) is 4.74 Å². The summed E-state index contributed by atoms with van der Waals surface area (Å²) >= 11 is 0. The highest BCUT2D eigenvalue weighted by atomic mass is 32.2.